The lowest BCUT2D eigenvalue weighted by molar-refractivity contribution is 0.127. The first-order valence-electron chi connectivity index (χ1n) is 11.1. The fraction of sp³-hybridized carbons (Fsp3) is 0.583. The lowest BCUT2D eigenvalue weighted by Gasteiger charge is -2.33. The summed E-state index contributed by atoms with van der Waals surface area (Å²) in [6, 6.07) is 10.6. The normalized spacial score (nSPS) is 16.1. The summed E-state index contributed by atoms with van der Waals surface area (Å²) < 4.78 is 0. The van der Waals surface area contributed by atoms with Gasteiger partial charge in [-0.25, -0.2) is 10.4 Å². The van der Waals surface area contributed by atoms with E-state index in [9.17, 15) is 0 Å². The van der Waals surface area contributed by atoms with Crippen molar-refractivity contribution in [2.45, 2.75) is 66.1 Å². The Labute approximate surface area is 189 Å². The van der Waals surface area contributed by atoms with Crippen LogP contribution in [0.2, 0.25) is 0 Å². The van der Waals surface area contributed by atoms with Gasteiger partial charge in [0.2, 0.25) is 0 Å². The second kappa shape index (κ2) is 13.8. The van der Waals surface area contributed by atoms with Crippen molar-refractivity contribution in [1.82, 2.24) is 21.0 Å². The molecule has 0 aromatic heterocycles. The average Bonchev–Trinajstić information content (AvgIpc) is 2.78. The van der Waals surface area contributed by atoms with Crippen molar-refractivity contribution >= 4 is 11.9 Å². The van der Waals surface area contributed by atoms with Crippen LogP contribution in [0.15, 0.2) is 41.0 Å². The van der Waals surface area contributed by atoms with Gasteiger partial charge >= 0.3 is 0 Å². The largest absolute Gasteiger partial charge is 0.379 e. The molecule has 0 saturated heterocycles. The molecule has 1 rings (SSSR count). The van der Waals surface area contributed by atoms with Crippen LogP contribution in [0.3, 0.4) is 0 Å². The van der Waals surface area contributed by atoms with Crippen LogP contribution in [0.5, 0.6) is 0 Å². The van der Waals surface area contributed by atoms with Crippen molar-refractivity contribution in [2.75, 3.05) is 26.0 Å². The third-order valence-corrected chi connectivity index (χ3v) is 6.03. The molecule has 0 aliphatic rings. The van der Waals surface area contributed by atoms with Crippen LogP contribution >= 0.6 is 0 Å². The molecule has 1 aromatic rings. The van der Waals surface area contributed by atoms with E-state index in [1.165, 1.54) is 5.57 Å². The molecule has 0 bridgehead atoms. The van der Waals surface area contributed by atoms with E-state index >= 15 is 0 Å². The molecule has 0 aliphatic heterocycles. The van der Waals surface area contributed by atoms with E-state index in [1.54, 1.807) is 0 Å². The second-order valence-corrected chi connectivity index (χ2v) is 8.22. The Balaban J connectivity index is 2.56. The van der Waals surface area contributed by atoms with Gasteiger partial charge in [-0.3, -0.25) is 5.01 Å². The standard InChI is InChI=1S/C24H41N7/c1-9-18(3)24(27-23-13-11-22(17-25)12-14-23)15-16-30(7)29-28-20(5)19(4)21(6)31(8)26-10-2/h9-14,19-21,24,27-29H,15-16H2,1-8H3/b18-9+,26-10-/t19-,20+,21?,24?/m0/s1. The molecule has 4 atom stereocenters. The molecule has 1 aromatic carbocycles. The number of hydrazone groups is 1. The summed E-state index contributed by atoms with van der Waals surface area (Å²) in [6.07, 6.45) is 4.91. The van der Waals surface area contributed by atoms with E-state index < -0.39 is 0 Å². The summed E-state index contributed by atoms with van der Waals surface area (Å²) >= 11 is 0. The highest BCUT2D eigenvalue weighted by Crippen LogP contribution is 2.16. The molecule has 7 nitrogen and oxygen atoms in total. The van der Waals surface area contributed by atoms with E-state index in [-0.39, 0.29) is 12.1 Å². The fourth-order valence-electron chi connectivity index (χ4n) is 3.22. The Bertz CT molecular complexity index is 735. The molecule has 31 heavy (non-hydrogen) atoms. The quantitative estimate of drug-likeness (QED) is 0.251. The molecule has 2 unspecified atom stereocenters. The zero-order valence-electron chi connectivity index (χ0n) is 20.5. The summed E-state index contributed by atoms with van der Waals surface area (Å²) in [6.45, 7) is 13.6. The Morgan fingerprint density at radius 1 is 1.16 bits per heavy atom. The van der Waals surface area contributed by atoms with Crippen LogP contribution in [0.4, 0.5) is 5.69 Å². The highest BCUT2D eigenvalue weighted by molar-refractivity contribution is 5.52. The average molecular weight is 428 g/mol. The minimum atomic E-state index is 0.221. The maximum Gasteiger partial charge on any atom is 0.0991 e. The summed E-state index contributed by atoms with van der Waals surface area (Å²) in [5.41, 5.74) is 9.73. The van der Waals surface area contributed by atoms with E-state index in [1.807, 2.05) is 56.5 Å². The van der Waals surface area contributed by atoms with Gasteiger partial charge in [-0.05, 0) is 71.2 Å². The van der Waals surface area contributed by atoms with E-state index in [2.05, 4.69) is 73.2 Å². The van der Waals surface area contributed by atoms with Crippen LogP contribution in [0, 0.1) is 17.2 Å². The Morgan fingerprint density at radius 3 is 2.35 bits per heavy atom. The number of rotatable bonds is 13. The van der Waals surface area contributed by atoms with Gasteiger partial charge in [0.1, 0.15) is 0 Å². The van der Waals surface area contributed by atoms with E-state index in [0.29, 0.717) is 17.5 Å². The topological polar surface area (TPSA) is 78.7 Å². The maximum absolute atomic E-state index is 8.98. The van der Waals surface area contributed by atoms with E-state index in [4.69, 9.17) is 5.26 Å². The predicted octanol–water partition coefficient (Wildman–Crippen LogP) is 3.99. The van der Waals surface area contributed by atoms with Crippen LogP contribution < -0.4 is 16.3 Å². The number of benzene rings is 1. The number of nitrogens with one attached hydrogen (secondary N) is 3. The second-order valence-electron chi connectivity index (χ2n) is 8.22. The zero-order chi connectivity index (χ0) is 23.4. The minimum absolute atomic E-state index is 0.221. The number of hydrazine groups is 2. The first-order chi connectivity index (χ1) is 14.7. The van der Waals surface area contributed by atoms with Gasteiger partial charge in [-0.2, -0.15) is 15.9 Å². The molecule has 172 valence electrons. The van der Waals surface area contributed by atoms with Gasteiger partial charge in [0, 0.05) is 50.7 Å². The molecule has 0 heterocycles. The molecule has 0 fully saturated rings. The third kappa shape index (κ3) is 9.09. The van der Waals surface area contributed by atoms with Crippen LogP contribution in [-0.2, 0) is 0 Å². The number of nitriles is 1. The van der Waals surface area contributed by atoms with Crippen molar-refractivity contribution in [1.29, 1.82) is 5.26 Å². The molecular formula is C24H41N7. The number of hydrogen-bond acceptors (Lipinski definition) is 7. The summed E-state index contributed by atoms with van der Waals surface area (Å²) in [5, 5.41) is 21.0. The Kier molecular flexibility index (Phi) is 11.9. The predicted molar refractivity (Wildman–Crippen MR) is 132 cm³/mol. The molecule has 7 heteroatoms. The van der Waals surface area contributed by atoms with Crippen molar-refractivity contribution in [2.24, 2.45) is 11.0 Å². The number of nitrogens with zero attached hydrogens (tertiary/aromatic N) is 4. The summed E-state index contributed by atoms with van der Waals surface area (Å²) in [4.78, 5) is 0. The molecule has 3 N–H and O–H groups in total. The monoisotopic (exact) mass is 427 g/mol. The molecule has 0 amide bonds. The Hall–Kier alpha value is -2.40. The zero-order valence-corrected chi connectivity index (χ0v) is 20.5. The first-order valence-corrected chi connectivity index (χ1v) is 11.1. The number of anilines is 1. The minimum Gasteiger partial charge on any atom is -0.379 e. The van der Waals surface area contributed by atoms with Gasteiger partial charge < -0.3 is 5.32 Å². The van der Waals surface area contributed by atoms with Crippen LogP contribution in [0.1, 0.15) is 53.5 Å². The highest BCUT2D eigenvalue weighted by atomic mass is 15.7. The lowest BCUT2D eigenvalue weighted by atomic mass is 9.96. The molecule has 0 spiro atoms. The van der Waals surface area contributed by atoms with E-state index in [0.717, 1.165) is 18.7 Å². The van der Waals surface area contributed by atoms with Gasteiger partial charge in [0.05, 0.1) is 11.6 Å². The van der Waals surface area contributed by atoms with Crippen molar-refractivity contribution in [3.8, 4) is 6.07 Å². The summed E-state index contributed by atoms with van der Waals surface area (Å²) in [5.74, 6) is 0.408. The van der Waals surface area contributed by atoms with Gasteiger partial charge in [0.15, 0.2) is 0 Å². The lowest BCUT2D eigenvalue weighted by Crippen LogP contribution is -2.53. The van der Waals surface area contributed by atoms with Crippen molar-refractivity contribution in [3.63, 3.8) is 0 Å². The first kappa shape index (κ1) is 26.6. The molecular weight excluding hydrogens is 386 g/mol. The summed E-state index contributed by atoms with van der Waals surface area (Å²) in [7, 11) is 4.06. The van der Waals surface area contributed by atoms with Gasteiger partial charge in [0.25, 0.3) is 0 Å². The highest BCUT2D eigenvalue weighted by Gasteiger charge is 2.22. The SMILES string of the molecule is C/C=N\N(C)C(C)[C@@H](C)[C@@H](C)NNN(C)CCC(Nc1ccc(C#N)cc1)/C(C)=C/C. The fourth-order valence-corrected chi connectivity index (χ4v) is 3.22. The smallest absolute Gasteiger partial charge is 0.0991 e. The third-order valence-electron chi connectivity index (χ3n) is 6.03. The molecule has 0 saturated carbocycles. The van der Waals surface area contributed by atoms with Crippen molar-refractivity contribution in [3.05, 3.63) is 41.5 Å². The van der Waals surface area contributed by atoms with Gasteiger partial charge in [-0.15, -0.1) is 0 Å². The maximum atomic E-state index is 8.98. The van der Waals surface area contributed by atoms with Crippen LogP contribution in [-0.4, -0.2) is 55.0 Å². The number of hydrogen-bond donors (Lipinski definition) is 3. The van der Waals surface area contributed by atoms with Gasteiger partial charge in [-0.1, -0.05) is 18.6 Å². The Morgan fingerprint density at radius 2 is 1.81 bits per heavy atom. The molecule has 0 aliphatic carbocycles. The molecule has 0 radical (unpaired) electrons. The van der Waals surface area contributed by atoms with Crippen molar-refractivity contribution < 1.29 is 0 Å². The number of allylic oxidation sites excluding steroid dienone is 1. The van der Waals surface area contributed by atoms with Crippen LogP contribution in [0.25, 0.3) is 0 Å².